The van der Waals surface area contributed by atoms with E-state index >= 15 is 0 Å². The van der Waals surface area contributed by atoms with Crippen LogP contribution in [0.1, 0.15) is 0 Å². The molecule has 0 atom stereocenters. The van der Waals surface area contributed by atoms with Crippen molar-refractivity contribution in [1.29, 1.82) is 0 Å². The first kappa shape index (κ1) is 10.5. The highest BCUT2D eigenvalue weighted by molar-refractivity contribution is 7.19. The lowest BCUT2D eigenvalue weighted by Crippen LogP contribution is -1.91. The van der Waals surface area contributed by atoms with Crippen LogP contribution >= 0.6 is 11.3 Å². The van der Waals surface area contributed by atoms with Crippen molar-refractivity contribution in [2.75, 3.05) is 5.73 Å². The van der Waals surface area contributed by atoms with E-state index in [1.807, 2.05) is 24.3 Å². The van der Waals surface area contributed by atoms with Crippen LogP contribution in [0.2, 0.25) is 0 Å². The number of aromatic nitrogens is 4. The van der Waals surface area contributed by atoms with E-state index in [0.29, 0.717) is 0 Å². The van der Waals surface area contributed by atoms with Crippen molar-refractivity contribution in [2.24, 2.45) is 0 Å². The molecule has 92 valence electrons. The number of rotatable bonds is 1. The van der Waals surface area contributed by atoms with Crippen molar-refractivity contribution >= 4 is 32.8 Å². The van der Waals surface area contributed by atoms with Crippen LogP contribution in [0.25, 0.3) is 26.3 Å². The smallest absolute Gasteiger partial charge is 0.234 e. The van der Waals surface area contributed by atoms with Gasteiger partial charge in [0.1, 0.15) is 11.3 Å². The van der Waals surface area contributed by atoms with Gasteiger partial charge in [0.05, 0.1) is 0 Å². The summed E-state index contributed by atoms with van der Waals surface area (Å²) in [5.41, 5.74) is 7.80. The predicted octanol–water partition coefficient (Wildman–Crippen LogP) is 2.59. The van der Waals surface area contributed by atoms with Gasteiger partial charge in [-0.25, -0.2) is 0 Å². The zero-order valence-electron chi connectivity index (χ0n) is 9.82. The Morgan fingerprint density at radius 1 is 1.11 bits per heavy atom. The van der Waals surface area contributed by atoms with Gasteiger partial charge in [0.25, 0.3) is 0 Å². The third-order valence-corrected chi connectivity index (χ3v) is 3.98. The number of anilines is 1. The van der Waals surface area contributed by atoms with Gasteiger partial charge in [0.2, 0.25) is 4.96 Å². The van der Waals surface area contributed by atoms with Crippen LogP contribution in [-0.4, -0.2) is 19.8 Å². The average molecular weight is 267 g/mol. The molecule has 2 aromatic heterocycles. The molecule has 0 spiro atoms. The van der Waals surface area contributed by atoms with E-state index in [-0.39, 0.29) is 0 Å². The quantitative estimate of drug-likeness (QED) is 0.538. The summed E-state index contributed by atoms with van der Waals surface area (Å²) in [6.07, 6.45) is 1.59. The van der Waals surface area contributed by atoms with Crippen LogP contribution in [0, 0.1) is 0 Å². The monoisotopic (exact) mass is 267 g/mol. The molecule has 2 N–H and O–H groups in total. The van der Waals surface area contributed by atoms with Gasteiger partial charge in [-0.15, -0.1) is 10.2 Å². The molecule has 0 saturated heterocycles. The fourth-order valence-corrected chi connectivity index (χ4v) is 2.97. The standard InChI is InChI=1S/C13H9N5S/c14-11-6-9-4-2-1-3-8(9)5-10(11)12-17-18-7-15-16-13(18)19-12/h1-7H,14H2. The first-order chi connectivity index (χ1) is 9.31. The lowest BCUT2D eigenvalue weighted by molar-refractivity contribution is 0.960. The van der Waals surface area contributed by atoms with Gasteiger partial charge in [-0.05, 0) is 22.9 Å². The molecule has 6 heteroatoms. The number of hydrogen-bond acceptors (Lipinski definition) is 5. The summed E-state index contributed by atoms with van der Waals surface area (Å²) in [5.74, 6) is 0. The fraction of sp³-hybridized carbons (Fsp3) is 0. The van der Waals surface area contributed by atoms with Gasteiger partial charge in [0, 0.05) is 11.3 Å². The minimum absolute atomic E-state index is 0.726. The Morgan fingerprint density at radius 2 is 1.89 bits per heavy atom. The topological polar surface area (TPSA) is 69.1 Å². The highest BCUT2D eigenvalue weighted by Crippen LogP contribution is 2.32. The Labute approximate surface area is 112 Å². The summed E-state index contributed by atoms with van der Waals surface area (Å²) >= 11 is 1.48. The number of benzene rings is 2. The number of nitrogens with two attached hydrogens (primary N) is 1. The Morgan fingerprint density at radius 3 is 2.68 bits per heavy atom. The zero-order chi connectivity index (χ0) is 12.8. The second-order valence-corrected chi connectivity index (χ2v) is 5.21. The molecule has 0 unspecified atom stereocenters. The van der Waals surface area contributed by atoms with Gasteiger partial charge < -0.3 is 5.73 Å². The molecule has 0 aliphatic carbocycles. The summed E-state index contributed by atoms with van der Waals surface area (Å²) in [4.78, 5) is 0.766. The highest BCUT2D eigenvalue weighted by atomic mass is 32.1. The Hall–Kier alpha value is -2.47. The van der Waals surface area contributed by atoms with Crippen molar-refractivity contribution in [3.63, 3.8) is 0 Å². The molecule has 2 heterocycles. The lowest BCUT2D eigenvalue weighted by Gasteiger charge is -2.04. The molecule has 0 radical (unpaired) electrons. The first-order valence-electron chi connectivity index (χ1n) is 5.77. The van der Waals surface area contributed by atoms with Crippen LogP contribution < -0.4 is 5.73 Å². The summed E-state index contributed by atoms with van der Waals surface area (Å²) in [6, 6.07) is 12.2. The minimum Gasteiger partial charge on any atom is -0.398 e. The molecule has 4 rings (SSSR count). The van der Waals surface area contributed by atoms with Crippen LogP contribution in [0.4, 0.5) is 5.69 Å². The van der Waals surface area contributed by atoms with Crippen molar-refractivity contribution in [3.05, 3.63) is 42.7 Å². The number of fused-ring (bicyclic) bond motifs is 2. The largest absolute Gasteiger partial charge is 0.398 e. The van der Waals surface area contributed by atoms with Crippen LogP contribution in [-0.2, 0) is 0 Å². The van der Waals surface area contributed by atoms with Crippen molar-refractivity contribution in [1.82, 2.24) is 19.8 Å². The molecular weight excluding hydrogens is 258 g/mol. The lowest BCUT2D eigenvalue weighted by atomic mass is 10.1. The summed E-state index contributed by atoms with van der Waals surface area (Å²) in [5, 5.41) is 15.4. The number of nitrogens with zero attached hydrogens (tertiary/aromatic N) is 4. The van der Waals surface area contributed by atoms with Gasteiger partial charge in [0.15, 0.2) is 0 Å². The number of nitrogen functional groups attached to an aromatic ring is 1. The van der Waals surface area contributed by atoms with E-state index in [9.17, 15) is 0 Å². The van der Waals surface area contributed by atoms with Gasteiger partial charge >= 0.3 is 0 Å². The van der Waals surface area contributed by atoms with Gasteiger partial charge in [-0.1, -0.05) is 35.6 Å². The van der Waals surface area contributed by atoms with E-state index in [1.165, 1.54) is 11.3 Å². The van der Waals surface area contributed by atoms with Crippen molar-refractivity contribution in [2.45, 2.75) is 0 Å². The molecule has 0 saturated carbocycles. The fourth-order valence-electron chi connectivity index (χ4n) is 2.11. The third-order valence-electron chi connectivity index (χ3n) is 3.04. The molecule has 0 amide bonds. The van der Waals surface area contributed by atoms with Crippen LogP contribution in [0.5, 0.6) is 0 Å². The minimum atomic E-state index is 0.726. The van der Waals surface area contributed by atoms with E-state index in [1.54, 1.807) is 10.8 Å². The second kappa shape index (κ2) is 3.76. The van der Waals surface area contributed by atoms with Crippen molar-refractivity contribution in [3.8, 4) is 10.6 Å². The van der Waals surface area contributed by atoms with Crippen LogP contribution in [0.3, 0.4) is 0 Å². The molecule has 4 aromatic rings. The summed E-state index contributed by atoms with van der Waals surface area (Å²) in [6.45, 7) is 0. The maximum Gasteiger partial charge on any atom is 0.234 e. The number of hydrogen-bond donors (Lipinski definition) is 1. The molecular formula is C13H9N5S. The predicted molar refractivity (Wildman–Crippen MR) is 76.0 cm³/mol. The Kier molecular flexibility index (Phi) is 2.07. The molecule has 0 fully saturated rings. The molecule has 0 bridgehead atoms. The zero-order valence-corrected chi connectivity index (χ0v) is 10.6. The highest BCUT2D eigenvalue weighted by Gasteiger charge is 2.11. The SMILES string of the molecule is Nc1cc2ccccc2cc1-c1nn2cnnc2s1. The summed E-state index contributed by atoms with van der Waals surface area (Å²) < 4.78 is 1.66. The molecule has 2 aromatic carbocycles. The maximum atomic E-state index is 6.13. The Bertz CT molecular complexity index is 864. The molecule has 19 heavy (non-hydrogen) atoms. The van der Waals surface area contributed by atoms with E-state index in [4.69, 9.17) is 5.73 Å². The van der Waals surface area contributed by atoms with Gasteiger partial charge in [-0.2, -0.15) is 9.61 Å². The molecule has 5 nitrogen and oxygen atoms in total. The molecule has 0 aliphatic heterocycles. The second-order valence-electron chi connectivity index (χ2n) is 4.25. The average Bonchev–Trinajstić information content (AvgIpc) is 2.98. The van der Waals surface area contributed by atoms with E-state index in [0.717, 1.165) is 32.0 Å². The third kappa shape index (κ3) is 1.57. The van der Waals surface area contributed by atoms with E-state index in [2.05, 4.69) is 27.4 Å². The maximum absolute atomic E-state index is 6.13. The summed E-state index contributed by atoms with van der Waals surface area (Å²) in [7, 11) is 0. The normalized spacial score (nSPS) is 11.4. The van der Waals surface area contributed by atoms with Crippen molar-refractivity contribution < 1.29 is 0 Å². The Balaban J connectivity index is 1.99. The first-order valence-corrected chi connectivity index (χ1v) is 6.58. The molecule has 0 aliphatic rings. The van der Waals surface area contributed by atoms with Crippen LogP contribution in [0.15, 0.2) is 42.7 Å². The van der Waals surface area contributed by atoms with E-state index < -0.39 is 0 Å². The van der Waals surface area contributed by atoms with Gasteiger partial charge in [-0.3, -0.25) is 0 Å².